The Morgan fingerprint density at radius 2 is 1.50 bits per heavy atom. The molecule has 0 aliphatic carbocycles. The monoisotopic (exact) mass is 639 g/mol. The summed E-state index contributed by atoms with van der Waals surface area (Å²) in [6, 6.07) is 25.7. The summed E-state index contributed by atoms with van der Waals surface area (Å²) in [5.74, 6) is 0.150. The van der Waals surface area contributed by atoms with Crippen LogP contribution in [0, 0.1) is 0 Å². The molecule has 11 nitrogen and oxygen atoms in total. The second-order valence-corrected chi connectivity index (χ2v) is 10.2. The van der Waals surface area contributed by atoms with Gasteiger partial charge >= 0.3 is 12.1 Å². The van der Waals surface area contributed by atoms with Gasteiger partial charge in [-0.25, -0.2) is 4.79 Å². The van der Waals surface area contributed by atoms with Crippen molar-refractivity contribution in [2.24, 2.45) is 0 Å². The lowest BCUT2D eigenvalue weighted by Crippen LogP contribution is -2.44. The summed E-state index contributed by atoms with van der Waals surface area (Å²) in [5.41, 5.74) is 3.44. The highest BCUT2D eigenvalue weighted by Crippen LogP contribution is 2.24. The van der Waals surface area contributed by atoms with Gasteiger partial charge in [-0.15, -0.1) is 0 Å². The first-order valence-corrected chi connectivity index (χ1v) is 14.7. The van der Waals surface area contributed by atoms with Gasteiger partial charge in [0.05, 0.1) is 6.61 Å². The number of piperazine rings is 1. The summed E-state index contributed by atoms with van der Waals surface area (Å²) in [7, 11) is 0. The molecule has 0 spiro atoms. The quantitative estimate of drug-likeness (QED) is 0.136. The number of ether oxygens (including phenoxy) is 1. The first-order chi connectivity index (χ1) is 22.2. The number of aliphatic carboxylic acids is 1. The van der Waals surface area contributed by atoms with Crippen molar-refractivity contribution < 1.29 is 32.9 Å². The Hall–Kier alpha value is -5.11. The number of carbonyl (C=O) groups is 1. The Bertz CT molecular complexity index is 1520. The molecular weight excluding hydrogens is 603 g/mol. The molecule has 0 amide bonds. The molecule has 5 N–H and O–H groups in total. The Balaban J connectivity index is 0.000000617. The van der Waals surface area contributed by atoms with Gasteiger partial charge in [-0.2, -0.15) is 28.1 Å². The smallest absolute Gasteiger partial charge is 0.490 e. The summed E-state index contributed by atoms with van der Waals surface area (Å²) < 4.78 is 37.8. The minimum atomic E-state index is -5.08. The molecule has 0 saturated carbocycles. The van der Waals surface area contributed by atoms with E-state index in [1.54, 1.807) is 12.1 Å². The van der Waals surface area contributed by atoms with Crippen LogP contribution in [0.2, 0.25) is 0 Å². The van der Waals surface area contributed by atoms with Crippen molar-refractivity contribution in [3.63, 3.8) is 0 Å². The van der Waals surface area contributed by atoms with Gasteiger partial charge in [-0.1, -0.05) is 54.6 Å². The number of aromatic hydroxyl groups is 1. The van der Waals surface area contributed by atoms with Crippen molar-refractivity contribution in [1.29, 1.82) is 0 Å². The van der Waals surface area contributed by atoms with E-state index in [0.29, 0.717) is 37.5 Å². The van der Waals surface area contributed by atoms with Crippen LogP contribution < -0.4 is 25.6 Å². The number of hydrogen-bond acceptors (Lipinski definition) is 10. The molecule has 0 bridgehead atoms. The van der Waals surface area contributed by atoms with Crippen molar-refractivity contribution in [3.8, 4) is 22.6 Å². The minimum Gasteiger partial charge on any atom is -0.508 e. The number of carboxylic acids is 1. The van der Waals surface area contributed by atoms with E-state index in [1.165, 1.54) is 5.56 Å². The second kappa shape index (κ2) is 16.8. The normalized spacial score (nSPS) is 12.9. The van der Waals surface area contributed by atoms with E-state index in [4.69, 9.17) is 19.6 Å². The Morgan fingerprint density at radius 3 is 2.15 bits per heavy atom. The summed E-state index contributed by atoms with van der Waals surface area (Å²) in [5, 5.41) is 26.7. The Morgan fingerprint density at radius 1 is 0.870 bits per heavy atom. The first-order valence-electron chi connectivity index (χ1n) is 14.7. The number of phenols is 1. The standard InChI is InChI=1S/C30H35N7O2.C2HF3O2/c38-26-12-10-23(11-13-26)14-16-33-29-34-28(35-30(36-29)37-19-17-31-18-20-37)32-15-5-21-39-27-9-4-8-25(22-27)24-6-2-1-3-7-24;3-2(4,5)1(6)7/h1-4,6-13,22,31,38H,5,14-21H2,(H2,32,33,34,35,36);(H,6,7). The van der Waals surface area contributed by atoms with Crippen LogP contribution in [0.4, 0.5) is 31.0 Å². The summed E-state index contributed by atoms with van der Waals surface area (Å²) in [6.45, 7) is 5.44. The molecule has 0 unspecified atom stereocenters. The van der Waals surface area contributed by atoms with E-state index in [0.717, 1.165) is 55.9 Å². The second-order valence-electron chi connectivity index (χ2n) is 10.2. The average molecular weight is 640 g/mol. The van der Waals surface area contributed by atoms with Crippen LogP contribution in [0.3, 0.4) is 0 Å². The van der Waals surface area contributed by atoms with Crippen LogP contribution >= 0.6 is 0 Å². The number of carboxylic acid groups (broad SMARTS) is 1. The number of phenolic OH excluding ortho intramolecular Hbond substituents is 1. The van der Waals surface area contributed by atoms with Gasteiger partial charge in [0.1, 0.15) is 11.5 Å². The molecule has 1 aliphatic rings. The number of alkyl halides is 3. The van der Waals surface area contributed by atoms with Gasteiger partial charge in [0.15, 0.2) is 0 Å². The predicted molar refractivity (Wildman–Crippen MR) is 169 cm³/mol. The number of nitrogens with one attached hydrogen (secondary N) is 3. The van der Waals surface area contributed by atoms with Crippen molar-refractivity contribution in [2.75, 3.05) is 61.4 Å². The molecule has 1 aliphatic heterocycles. The van der Waals surface area contributed by atoms with Crippen molar-refractivity contribution >= 4 is 23.8 Å². The molecule has 14 heteroatoms. The molecule has 1 aromatic heterocycles. The third kappa shape index (κ3) is 11.1. The van der Waals surface area contributed by atoms with Crippen LogP contribution in [0.1, 0.15) is 12.0 Å². The van der Waals surface area contributed by atoms with E-state index in [2.05, 4.69) is 55.1 Å². The minimum absolute atomic E-state index is 0.270. The maximum absolute atomic E-state index is 10.6. The fourth-order valence-electron chi connectivity index (χ4n) is 4.37. The van der Waals surface area contributed by atoms with Gasteiger partial charge in [-0.05, 0) is 53.8 Å². The topological polar surface area (TPSA) is 145 Å². The molecule has 3 aromatic carbocycles. The molecular formula is C32H36F3N7O4. The summed E-state index contributed by atoms with van der Waals surface area (Å²) in [6.07, 6.45) is -3.49. The van der Waals surface area contributed by atoms with E-state index in [9.17, 15) is 18.3 Å². The maximum atomic E-state index is 10.6. The molecule has 1 saturated heterocycles. The van der Waals surface area contributed by atoms with Gasteiger partial charge < -0.3 is 35.8 Å². The fraction of sp³-hybridized carbons (Fsp3) is 0.312. The molecule has 2 heterocycles. The lowest BCUT2D eigenvalue weighted by atomic mass is 10.1. The molecule has 4 aromatic rings. The van der Waals surface area contributed by atoms with E-state index in [1.807, 2.05) is 42.5 Å². The van der Waals surface area contributed by atoms with E-state index in [-0.39, 0.29) is 5.75 Å². The third-order valence-electron chi connectivity index (χ3n) is 6.71. The van der Waals surface area contributed by atoms with Gasteiger partial charge in [0, 0.05) is 39.3 Å². The van der Waals surface area contributed by atoms with Crippen LogP contribution in [0.5, 0.6) is 11.5 Å². The molecule has 46 heavy (non-hydrogen) atoms. The number of benzene rings is 3. The molecule has 1 fully saturated rings. The van der Waals surface area contributed by atoms with E-state index < -0.39 is 12.1 Å². The summed E-state index contributed by atoms with van der Waals surface area (Å²) >= 11 is 0. The molecule has 0 atom stereocenters. The van der Waals surface area contributed by atoms with Crippen molar-refractivity contribution in [3.05, 3.63) is 84.4 Å². The van der Waals surface area contributed by atoms with Crippen LogP contribution in [-0.2, 0) is 11.2 Å². The molecule has 0 radical (unpaired) electrons. The first kappa shape index (κ1) is 33.8. The van der Waals surface area contributed by atoms with Gasteiger partial charge in [-0.3, -0.25) is 0 Å². The largest absolute Gasteiger partial charge is 0.508 e. The van der Waals surface area contributed by atoms with Crippen LogP contribution in [0.25, 0.3) is 11.1 Å². The highest BCUT2D eigenvalue weighted by molar-refractivity contribution is 5.73. The number of aromatic nitrogens is 3. The zero-order chi connectivity index (χ0) is 32.8. The van der Waals surface area contributed by atoms with Crippen LogP contribution in [-0.4, -0.2) is 83.2 Å². The van der Waals surface area contributed by atoms with Gasteiger partial charge in [0.2, 0.25) is 17.8 Å². The zero-order valence-electron chi connectivity index (χ0n) is 25.0. The fourth-order valence-corrected chi connectivity index (χ4v) is 4.37. The number of anilines is 3. The summed E-state index contributed by atoms with van der Waals surface area (Å²) in [4.78, 5) is 25.1. The lowest BCUT2D eigenvalue weighted by Gasteiger charge is -2.27. The Kier molecular flexibility index (Phi) is 12.4. The predicted octanol–water partition coefficient (Wildman–Crippen LogP) is 4.82. The van der Waals surface area contributed by atoms with E-state index >= 15 is 0 Å². The third-order valence-corrected chi connectivity index (χ3v) is 6.71. The molecule has 244 valence electrons. The van der Waals surface area contributed by atoms with Crippen LogP contribution in [0.15, 0.2) is 78.9 Å². The van der Waals surface area contributed by atoms with Crippen molar-refractivity contribution in [1.82, 2.24) is 20.3 Å². The number of nitrogens with zero attached hydrogens (tertiary/aromatic N) is 4. The average Bonchev–Trinajstić information content (AvgIpc) is 3.06. The number of halogens is 3. The zero-order valence-corrected chi connectivity index (χ0v) is 25.0. The Labute approximate surface area is 264 Å². The highest BCUT2D eigenvalue weighted by Gasteiger charge is 2.38. The number of rotatable bonds is 12. The van der Waals surface area contributed by atoms with Crippen molar-refractivity contribution in [2.45, 2.75) is 19.0 Å². The van der Waals surface area contributed by atoms with Gasteiger partial charge in [0.25, 0.3) is 0 Å². The number of hydrogen-bond donors (Lipinski definition) is 5. The lowest BCUT2D eigenvalue weighted by molar-refractivity contribution is -0.192. The SMILES string of the molecule is O=C(O)C(F)(F)F.Oc1ccc(CCNc2nc(NCCCOc3cccc(-c4ccccc4)c3)nc(N3CCNCC3)n2)cc1. The maximum Gasteiger partial charge on any atom is 0.490 e. The molecule has 5 rings (SSSR count). The highest BCUT2D eigenvalue weighted by atomic mass is 19.4.